The summed E-state index contributed by atoms with van der Waals surface area (Å²) in [6.07, 6.45) is 1.10. The van der Waals surface area contributed by atoms with Crippen LogP contribution in [0.4, 0.5) is 0 Å². The van der Waals surface area contributed by atoms with Crippen LogP contribution in [-0.4, -0.2) is 34.3 Å². The molecule has 2 N–H and O–H groups in total. The molecule has 0 aliphatic carbocycles. The molecule has 0 spiro atoms. The molecular formula is C15H16BN3O4. The first-order chi connectivity index (χ1) is 10.8. The van der Waals surface area contributed by atoms with E-state index in [0.717, 1.165) is 0 Å². The molecule has 7 nitrogen and oxygen atoms in total. The Kier molecular flexibility index (Phi) is 3.47. The molecule has 1 saturated heterocycles. The highest BCUT2D eigenvalue weighted by atomic mass is 16.3. The van der Waals surface area contributed by atoms with E-state index >= 15 is 0 Å². The molecule has 1 aromatic carbocycles. The Morgan fingerprint density at radius 3 is 2.83 bits per heavy atom. The lowest BCUT2D eigenvalue weighted by molar-refractivity contribution is -0.132. The van der Waals surface area contributed by atoms with Crippen molar-refractivity contribution in [2.75, 3.05) is 0 Å². The number of amides is 2. The first-order valence-electron chi connectivity index (χ1n) is 7.41. The summed E-state index contributed by atoms with van der Waals surface area (Å²) in [6.45, 7) is 1.61. The van der Waals surface area contributed by atoms with Crippen LogP contribution >= 0.6 is 0 Å². The van der Waals surface area contributed by atoms with Crippen molar-refractivity contribution in [2.24, 2.45) is 0 Å². The molecule has 2 amide bonds. The maximum atomic E-state index is 12.9. The number of hydrogen-bond acceptors (Lipinski definition) is 5. The van der Waals surface area contributed by atoms with Crippen molar-refractivity contribution in [3.05, 3.63) is 34.4 Å². The fraction of sp³-hybridized carbons (Fsp3) is 0.333. The molecule has 0 radical (unpaired) electrons. The number of benzene rings is 1. The molecule has 118 valence electrons. The van der Waals surface area contributed by atoms with Crippen LogP contribution < -0.4 is 10.9 Å². The number of aromatic hydroxyl groups is 1. The Morgan fingerprint density at radius 1 is 1.35 bits per heavy atom. The van der Waals surface area contributed by atoms with E-state index in [0.29, 0.717) is 18.7 Å². The number of rotatable bonds is 1. The molecule has 8 heteroatoms. The lowest BCUT2D eigenvalue weighted by Crippen LogP contribution is -2.54. The lowest BCUT2D eigenvalue weighted by Gasteiger charge is -2.30. The number of hydrogen-bond donors (Lipinski definition) is 2. The number of carbonyl (C=O) groups is 2. The number of para-hydroxylation sites is 1. The van der Waals surface area contributed by atoms with E-state index in [-0.39, 0.29) is 29.0 Å². The van der Waals surface area contributed by atoms with Gasteiger partial charge in [-0.2, -0.15) is 0 Å². The number of phenols is 1. The van der Waals surface area contributed by atoms with Crippen molar-refractivity contribution in [1.82, 2.24) is 14.9 Å². The van der Waals surface area contributed by atoms with Gasteiger partial charge in [0.2, 0.25) is 11.8 Å². The van der Waals surface area contributed by atoms with Gasteiger partial charge >= 0.3 is 0 Å². The predicted octanol–water partition coefficient (Wildman–Crippen LogP) is -0.477. The van der Waals surface area contributed by atoms with Crippen molar-refractivity contribution in [2.45, 2.75) is 31.6 Å². The molecule has 0 saturated carbocycles. The van der Waals surface area contributed by atoms with Gasteiger partial charge in [0.15, 0.2) is 0 Å². The standard InChI is InChI=1S/C15H16BN3O4/c1-8-17-12-9(4-2-5-10(12)20)13(22)19(8)15(16)7-3-6-11(21)18-14(15)23/h2,4-5,20H,3,6-7,16H2,1H3,(H,18,21,23)/t15-/m0/s1. The van der Waals surface area contributed by atoms with Gasteiger partial charge < -0.3 is 5.11 Å². The van der Waals surface area contributed by atoms with Crippen molar-refractivity contribution in [1.29, 1.82) is 0 Å². The topological polar surface area (TPSA) is 101 Å². The fourth-order valence-electron chi connectivity index (χ4n) is 3.13. The molecule has 1 aliphatic rings. The van der Waals surface area contributed by atoms with Gasteiger partial charge in [0.25, 0.3) is 5.56 Å². The number of aryl methyl sites for hydroxylation is 1. The van der Waals surface area contributed by atoms with Gasteiger partial charge in [-0.15, -0.1) is 0 Å². The monoisotopic (exact) mass is 313 g/mol. The number of fused-ring (bicyclic) bond motifs is 1. The average Bonchev–Trinajstić information content (AvgIpc) is 2.60. The van der Waals surface area contributed by atoms with Crippen LogP contribution in [0.5, 0.6) is 5.75 Å². The Hall–Kier alpha value is -2.64. The highest BCUT2D eigenvalue weighted by Crippen LogP contribution is 2.26. The largest absolute Gasteiger partial charge is 0.506 e. The van der Waals surface area contributed by atoms with Crippen molar-refractivity contribution < 1.29 is 14.7 Å². The third-order valence-electron chi connectivity index (χ3n) is 4.35. The van der Waals surface area contributed by atoms with Crippen LogP contribution in [0.1, 0.15) is 25.1 Å². The van der Waals surface area contributed by atoms with E-state index in [2.05, 4.69) is 10.3 Å². The molecule has 1 aromatic heterocycles. The summed E-state index contributed by atoms with van der Waals surface area (Å²) < 4.78 is 1.32. The SMILES string of the molecule is B[C@]1(n2c(C)nc3c(O)cccc3c2=O)CCCC(=O)NC1=O. The number of imide groups is 1. The molecule has 2 aromatic rings. The summed E-state index contributed by atoms with van der Waals surface area (Å²) in [5, 5.41) is 12.4. The third-order valence-corrected chi connectivity index (χ3v) is 4.35. The van der Waals surface area contributed by atoms with Gasteiger partial charge in [0, 0.05) is 6.42 Å². The zero-order chi connectivity index (χ0) is 16.8. The summed E-state index contributed by atoms with van der Waals surface area (Å²) in [5.41, 5.74) is -1.39. The molecule has 3 rings (SSSR count). The molecule has 1 atom stereocenters. The van der Waals surface area contributed by atoms with Gasteiger partial charge in [-0.25, -0.2) is 4.98 Å². The Morgan fingerprint density at radius 2 is 2.09 bits per heavy atom. The zero-order valence-corrected chi connectivity index (χ0v) is 12.9. The van der Waals surface area contributed by atoms with Crippen LogP contribution in [0.2, 0.25) is 0 Å². The number of carbonyl (C=O) groups excluding carboxylic acids is 2. The van der Waals surface area contributed by atoms with Gasteiger partial charge in [0.1, 0.15) is 24.9 Å². The van der Waals surface area contributed by atoms with Gasteiger partial charge in [-0.1, -0.05) is 6.07 Å². The molecule has 0 unspecified atom stereocenters. The minimum atomic E-state index is -1.19. The fourth-order valence-corrected chi connectivity index (χ4v) is 3.13. The third kappa shape index (κ3) is 2.30. The Balaban J connectivity index is 2.29. The quantitative estimate of drug-likeness (QED) is 0.547. The average molecular weight is 313 g/mol. The Bertz CT molecular complexity index is 892. The second-order valence-electron chi connectivity index (χ2n) is 5.98. The summed E-state index contributed by atoms with van der Waals surface area (Å²) >= 11 is 0. The number of nitrogens with zero attached hydrogens (tertiary/aromatic N) is 2. The molecule has 0 bridgehead atoms. The van der Waals surface area contributed by atoms with Gasteiger partial charge in [-0.3, -0.25) is 24.3 Å². The first-order valence-corrected chi connectivity index (χ1v) is 7.41. The predicted molar refractivity (Wildman–Crippen MR) is 85.9 cm³/mol. The zero-order valence-electron chi connectivity index (χ0n) is 12.9. The van der Waals surface area contributed by atoms with E-state index in [4.69, 9.17) is 0 Å². The first kappa shape index (κ1) is 15.3. The summed E-state index contributed by atoms with van der Waals surface area (Å²) in [5.74, 6) is -0.612. The number of nitrogens with one attached hydrogen (secondary N) is 1. The lowest BCUT2D eigenvalue weighted by atomic mass is 9.73. The smallest absolute Gasteiger partial charge is 0.261 e. The molecule has 1 aliphatic heterocycles. The van der Waals surface area contributed by atoms with E-state index in [9.17, 15) is 19.5 Å². The summed E-state index contributed by atoms with van der Waals surface area (Å²) in [6, 6.07) is 4.57. The van der Waals surface area contributed by atoms with Crippen molar-refractivity contribution in [3.63, 3.8) is 0 Å². The van der Waals surface area contributed by atoms with Crippen molar-refractivity contribution in [3.8, 4) is 5.75 Å². The maximum Gasteiger partial charge on any atom is 0.261 e. The van der Waals surface area contributed by atoms with Crippen molar-refractivity contribution >= 4 is 30.6 Å². The normalized spacial score (nSPS) is 22.0. The minimum absolute atomic E-state index is 0.0829. The van der Waals surface area contributed by atoms with Crippen LogP contribution in [0.3, 0.4) is 0 Å². The van der Waals surface area contributed by atoms with Gasteiger partial charge in [0.05, 0.1) is 10.8 Å². The van der Waals surface area contributed by atoms with E-state index < -0.39 is 16.9 Å². The van der Waals surface area contributed by atoms with Crippen LogP contribution in [0, 0.1) is 6.92 Å². The molecule has 23 heavy (non-hydrogen) atoms. The summed E-state index contributed by atoms with van der Waals surface area (Å²) in [4.78, 5) is 41.2. The highest BCUT2D eigenvalue weighted by molar-refractivity contribution is 6.28. The van der Waals surface area contributed by atoms with E-state index in [1.54, 1.807) is 26.9 Å². The molecule has 2 heterocycles. The van der Waals surface area contributed by atoms with Gasteiger partial charge in [-0.05, 0) is 31.9 Å². The van der Waals surface area contributed by atoms with Crippen LogP contribution in [0.25, 0.3) is 10.9 Å². The van der Waals surface area contributed by atoms with E-state index in [1.165, 1.54) is 10.6 Å². The minimum Gasteiger partial charge on any atom is -0.506 e. The molecule has 1 fully saturated rings. The van der Waals surface area contributed by atoms with Crippen LogP contribution in [0.15, 0.2) is 23.0 Å². The van der Waals surface area contributed by atoms with Crippen LogP contribution in [-0.2, 0) is 15.0 Å². The second kappa shape index (κ2) is 5.22. The molecular weight excluding hydrogens is 297 g/mol. The number of phenolic OH excluding ortho intramolecular Hbond substituents is 1. The Labute approximate surface area is 132 Å². The van der Waals surface area contributed by atoms with E-state index in [1.807, 2.05) is 0 Å². The summed E-state index contributed by atoms with van der Waals surface area (Å²) in [7, 11) is 1.63. The second-order valence-corrected chi connectivity index (χ2v) is 5.98. The number of aromatic nitrogens is 2. The highest BCUT2D eigenvalue weighted by Gasteiger charge is 2.40. The maximum absolute atomic E-state index is 12.9.